The smallest absolute Gasteiger partial charge is 0.160 e. The number of pyridine rings is 1. The molecule has 8 heteroatoms. The van der Waals surface area contributed by atoms with Crippen LogP contribution in [0.2, 0.25) is 0 Å². The van der Waals surface area contributed by atoms with Crippen LogP contribution in [0, 0.1) is 13.8 Å². The molecule has 1 aromatic carbocycles. The number of piperazine rings is 1. The largest absolute Gasteiger partial charge is 0.308 e. The van der Waals surface area contributed by atoms with Crippen molar-refractivity contribution in [3.05, 3.63) is 64.4 Å². The van der Waals surface area contributed by atoms with E-state index in [2.05, 4.69) is 67.2 Å². The molecule has 1 fully saturated rings. The van der Waals surface area contributed by atoms with Crippen molar-refractivity contribution in [2.45, 2.75) is 60.0 Å². The second kappa shape index (κ2) is 12.5. The van der Waals surface area contributed by atoms with E-state index in [1.54, 1.807) is 6.08 Å². The molecule has 0 unspecified atom stereocenters. The number of aryl methyl sites for hydroxylation is 3. The highest BCUT2D eigenvalue weighted by atomic mass is 35.5. The standard InChI is InChI=1S/C28H38FN5.2ClH/c1-7-25-31-26-20(2)16-21(3)30-27(26)34(25)18-23-10-8-22(9-11-23)17-24(29)19-32-12-14-33(15-13-32)28(4,5)6;;/h8-11,16-17H,7,12-15,18-19H2,1-6H3;2*1H. The summed E-state index contributed by atoms with van der Waals surface area (Å²) in [6, 6.07) is 10.2. The summed E-state index contributed by atoms with van der Waals surface area (Å²) in [5.41, 5.74) is 6.31. The van der Waals surface area contributed by atoms with E-state index in [4.69, 9.17) is 9.97 Å². The Bertz CT molecular complexity index is 1170. The van der Waals surface area contributed by atoms with Gasteiger partial charge in [0.05, 0.1) is 13.1 Å². The van der Waals surface area contributed by atoms with Crippen LogP contribution in [0.15, 0.2) is 36.2 Å². The van der Waals surface area contributed by atoms with Gasteiger partial charge in [-0.05, 0) is 63.5 Å². The SMILES string of the molecule is CCc1nc2c(C)cc(C)nc2n1Cc1ccc(C=C(F)CN2CCN(C(C)(C)C)CC2)cc1.Cl.Cl. The van der Waals surface area contributed by atoms with Gasteiger partial charge in [0.2, 0.25) is 0 Å². The summed E-state index contributed by atoms with van der Waals surface area (Å²) in [6.07, 6.45) is 2.52. The van der Waals surface area contributed by atoms with E-state index < -0.39 is 0 Å². The highest BCUT2D eigenvalue weighted by Gasteiger charge is 2.26. The van der Waals surface area contributed by atoms with Crippen molar-refractivity contribution in [3.8, 4) is 0 Å². The molecule has 0 bridgehead atoms. The number of fused-ring (bicyclic) bond motifs is 1. The first-order valence-electron chi connectivity index (χ1n) is 12.4. The number of rotatable bonds is 6. The molecule has 4 rings (SSSR count). The number of imidazole rings is 1. The first-order valence-corrected chi connectivity index (χ1v) is 12.4. The first-order chi connectivity index (χ1) is 16.1. The minimum Gasteiger partial charge on any atom is -0.308 e. The minimum absolute atomic E-state index is 0. The molecular formula is C28H40Cl2FN5. The lowest BCUT2D eigenvalue weighted by Gasteiger charge is -2.42. The molecule has 0 saturated carbocycles. The zero-order chi connectivity index (χ0) is 24.5. The Morgan fingerprint density at radius 1 is 1.00 bits per heavy atom. The maximum Gasteiger partial charge on any atom is 0.160 e. The zero-order valence-electron chi connectivity index (χ0n) is 22.3. The number of benzene rings is 1. The molecule has 198 valence electrons. The molecule has 3 heterocycles. The average molecular weight is 537 g/mol. The third kappa shape index (κ3) is 7.06. The van der Waals surface area contributed by atoms with Gasteiger partial charge in [0.1, 0.15) is 17.2 Å². The van der Waals surface area contributed by atoms with Gasteiger partial charge in [-0.3, -0.25) is 9.80 Å². The van der Waals surface area contributed by atoms with Gasteiger partial charge >= 0.3 is 0 Å². The van der Waals surface area contributed by atoms with E-state index >= 15 is 0 Å². The van der Waals surface area contributed by atoms with E-state index in [9.17, 15) is 4.39 Å². The Hall–Kier alpha value is -1.99. The summed E-state index contributed by atoms with van der Waals surface area (Å²) < 4.78 is 17.0. The molecule has 36 heavy (non-hydrogen) atoms. The molecule has 0 aliphatic carbocycles. The molecule has 0 radical (unpaired) electrons. The average Bonchev–Trinajstić information content (AvgIpc) is 3.12. The predicted molar refractivity (Wildman–Crippen MR) is 153 cm³/mol. The highest BCUT2D eigenvalue weighted by Crippen LogP contribution is 2.22. The molecule has 3 aromatic rings. The molecular weight excluding hydrogens is 496 g/mol. The van der Waals surface area contributed by atoms with Gasteiger partial charge < -0.3 is 4.57 Å². The van der Waals surface area contributed by atoms with Crippen molar-refractivity contribution < 1.29 is 4.39 Å². The molecule has 2 aromatic heterocycles. The fourth-order valence-electron chi connectivity index (χ4n) is 4.80. The van der Waals surface area contributed by atoms with Gasteiger partial charge in [-0.2, -0.15) is 0 Å². The quantitative estimate of drug-likeness (QED) is 0.375. The van der Waals surface area contributed by atoms with Crippen molar-refractivity contribution in [1.82, 2.24) is 24.3 Å². The third-order valence-corrected chi connectivity index (χ3v) is 6.76. The Morgan fingerprint density at radius 2 is 1.64 bits per heavy atom. The van der Waals surface area contributed by atoms with Gasteiger partial charge in [-0.25, -0.2) is 14.4 Å². The maximum absolute atomic E-state index is 14.7. The topological polar surface area (TPSA) is 37.2 Å². The minimum atomic E-state index is -0.0824. The highest BCUT2D eigenvalue weighted by molar-refractivity contribution is 5.85. The lowest BCUT2D eigenvalue weighted by molar-refractivity contribution is 0.0645. The van der Waals surface area contributed by atoms with Gasteiger partial charge in [0.15, 0.2) is 5.65 Å². The summed E-state index contributed by atoms with van der Waals surface area (Å²) in [5, 5.41) is 0. The lowest BCUT2D eigenvalue weighted by Crippen LogP contribution is -2.53. The Labute approximate surface area is 227 Å². The fourth-order valence-corrected chi connectivity index (χ4v) is 4.80. The molecule has 0 atom stereocenters. The van der Waals surface area contributed by atoms with Gasteiger partial charge in [-0.15, -0.1) is 24.8 Å². The summed E-state index contributed by atoms with van der Waals surface area (Å²) in [6.45, 7) is 17.8. The van der Waals surface area contributed by atoms with E-state index in [-0.39, 0.29) is 36.2 Å². The monoisotopic (exact) mass is 535 g/mol. The number of halogens is 3. The number of nitrogens with zero attached hydrogens (tertiary/aromatic N) is 5. The van der Waals surface area contributed by atoms with Crippen LogP contribution in [0.1, 0.15) is 55.9 Å². The normalized spacial score (nSPS) is 15.6. The summed E-state index contributed by atoms with van der Waals surface area (Å²) in [5.74, 6) is 0.957. The second-order valence-electron chi connectivity index (χ2n) is 10.5. The van der Waals surface area contributed by atoms with Crippen LogP contribution < -0.4 is 0 Å². The number of aromatic nitrogens is 3. The lowest BCUT2D eigenvalue weighted by atomic mass is 10.0. The maximum atomic E-state index is 14.7. The van der Waals surface area contributed by atoms with Gasteiger partial charge in [-0.1, -0.05) is 31.2 Å². The van der Waals surface area contributed by atoms with Crippen LogP contribution in [-0.2, 0) is 13.0 Å². The predicted octanol–water partition coefficient (Wildman–Crippen LogP) is 6.23. The Morgan fingerprint density at radius 3 is 2.22 bits per heavy atom. The molecule has 1 saturated heterocycles. The molecule has 0 N–H and O–H groups in total. The summed E-state index contributed by atoms with van der Waals surface area (Å²) in [4.78, 5) is 14.3. The van der Waals surface area contributed by atoms with Crippen LogP contribution in [0.3, 0.4) is 0 Å². The number of hydrogen-bond donors (Lipinski definition) is 0. The van der Waals surface area contributed by atoms with Crippen molar-refractivity contribution in [3.63, 3.8) is 0 Å². The van der Waals surface area contributed by atoms with E-state index in [0.29, 0.717) is 13.1 Å². The van der Waals surface area contributed by atoms with Crippen LogP contribution in [0.4, 0.5) is 4.39 Å². The summed E-state index contributed by atoms with van der Waals surface area (Å²) in [7, 11) is 0. The molecule has 5 nitrogen and oxygen atoms in total. The van der Waals surface area contributed by atoms with Gasteiger partial charge in [0.25, 0.3) is 0 Å². The van der Waals surface area contributed by atoms with E-state index in [1.807, 2.05) is 19.1 Å². The Balaban J connectivity index is 0.00000228. The molecule has 0 amide bonds. The van der Waals surface area contributed by atoms with Crippen molar-refractivity contribution in [2.75, 3.05) is 32.7 Å². The molecule has 1 aliphatic rings. The Kier molecular flexibility index (Phi) is 10.5. The molecule has 1 aliphatic heterocycles. The van der Waals surface area contributed by atoms with Crippen molar-refractivity contribution in [2.24, 2.45) is 0 Å². The van der Waals surface area contributed by atoms with Crippen LogP contribution in [-0.4, -0.2) is 62.6 Å². The fraction of sp³-hybridized carbons (Fsp3) is 0.500. The van der Waals surface area contributed by atoms with Crippen LogP contribution in [0.25, 0.3) is 17.2 Å². The van der Waals surface area contributed by atoms with Crippen LogP contribution in [0.5, 0.6) is 0 Å². The molecule has 0 spiro atoms. The third-order valence-electron chi connectivity index (χ3n) is 6.76. The van der Waals surface area contributed by atoms with Crippen molar-refractivity contribution in [1.29, 1.82) is 0 Å². The van der Waals surface area contributed by atoms with E-state index in [1.165, 1.54) is 0 Å². The van der Waals surface area contributed by atoms with Gasteiger partial charge in [0, 0.05) is 43.8 Å². The first kappa shape index (κ1) is 30.2. The number of hydrogen-bond acceptors (Lipinski definition) is 4. The zero-order valence-corrected chi connectivity index (χ0v) is 24.0. The van der Waals surface area contributed by atoms with Crippen molar-refractivity contribution >= 4 is 42.1 Å². The van der Waals surface area contributed by atoms with Crippen LogP contribution >= 0.6 is 24.8 Å². The second-order valence-corrected chi connectivity index (χ2v) is 10.5. The summed E-state index contributed by atoms with van der Waals surface area (Å²) >= 11 is 0. The van der Waals surface area contributed by atoms with E-state index in [0.717, 1.165) is 72.0 Å².